The molecule has 0 spiro atoms. The highest BCUT2D eigenvalue weighted by Crippen LogP contribution is 2.31. The van der Waals surface area contributed by atoms with Crippen molar-refractivity contribution in [2.45, 2.75) is 27.4 Å². The maximum Gasteiger partial charge on any atom is 0.344 e. The van der Waals surface area contributed by atoms with Gasteiger partial charge in [0.1, 0.15) is 17.4 Å². The molecular formula is C17H19BrFN3O4S. The van der Waals surface area contributed by atoms with Crippen LogP contribution in [0.25, 0.3) is 0 Å². The van der Waals surface area contributed by atoms with E-state index < -0.39 is 17.8 Å². The molecule has 0 aliphatic rings. The summed E-state index contributed by atoms with van der Waals surface area (Å²) in [6.07, 6.45) is 0. The molecule has 0 aliphatic carbocycles. The van der Waals surface area contributed by atoms with Crippen LogP contribution < -0.4 is 15.4 Å². The molecule has 0 saturated heterocycles. The number of nitrogens with zero attached hydrogens (tertiary/aromatic N) is 1. The fourth-order valence-corrected chi connectivity index (χ4v) is 2.98. The van der Waals surface area contributed by atoms with Crippen LogP contribution in [0, 0.1) is 11.2 Å². The summed E-state index contributed by atoms with van der Waals surface area (Å²) in [5.74, 6) is -1.97. The summed E-state index contributed by atoms with van der Waals surface area (Å²) in [6.45, 7) is 6.08. The van der Waals surface area contributed by atoms with Gasteiger partial charge in [-0.05, 0) is 29.1 Å². The molecule has 146 valence electrons. The van der Waals surface area contributed by atoms with Crippen LogP contribution in [-0.2, 0) is 6.61 Å². The quantitative estimate of drug-likeness (QED) is 0.590. The van der Waals surface area contributed by atoms with E-state index in [-0.39, 0.29) is 34.0 Å². The van der Waals surface area contributed by atoms with Crippen LogP contribution in [0.4, 0.5) is 14.2 Å². The molecule has 0 unspecified atom stereocenters. The number of carbonyl (C=O) groups excluding carboxylic acids is 1. The molecule has 0 saturated carbocycles. The van der Waals surface area contributed by atoms with E-state index in [9.17, 15) is 19.1 Å². The van der Waals surface area contributed by atoms with E-state index in [2.05, 4.69) is 30.9 Å². The van der Waals surface area contributed by atoms with Crippen LogP contribution in [0.15, 0.2) is 22.7 Å². The van der Waals surface area contributed by atoms with Crippen molar-refractivity contribution in [2.75, 3.05) is 11.9 Å². The Balaban J connectivity index is 2.10. The standard InChI is InChI=1S/C17H19BrFN3O4S/c1-17(2,3)8-20-16(25)21-14-12(15(23)24)13(22-27-14)26-7-9-4-5-10(18)6-11(9)19/h4-6H,7-8H2,1-3H3,(H,23,24)(H2,20,21,25). The molecule has 2 amide bonds. The normalized spacial score (nSPS) is 11.1. The number of hydrogen-bond acceptors (Lipinski definition) is 5. The summed E-state index contributed by atoms with van der Waals surface area (Å²) in [7, 11) is 0. The van der Waals surface area contributed by atoms with Gasteiger partial charge in [0.05, 0.1) is 0 Å². The number of nitrogens with one attached hydrogen (secondary N) is 2. The highest BCUT2D eigenvalue weighted by molar-refractivity contribution is 9.10. The highest BCUT2D eigenvalue weighted by Gasteiger charge is 2.24. The Morgan fingerprint density at radius 1 is 1.37 bits per heavy atom. The second kappa shape index (κ2) is 8.66. The number of aromatic nitrogens is 1. The average molecular weight is 460 g/mol. The first-order valence-electron chi connectivity index (χ1n) is 7.91. The van der Waals surface area contributed by atoms with Crippen molar-refractivity contribution in [1.82, 2.24) is 9.69 Å². The number of halogens is 2. The molecular weight excluding hydrogens is 441 g/mol. The van der Waals surface area contributed by atoms with Crippen molar-refractivity contribution in [1.29, 1.82) is 0 Å². The molecule has 2 aromatic rings. The first kappa shape index (κ1) is 21.1. The number of aromatic carboxylic acids is 1. The third-order valence-electron chi connectivity index (χ3n) is 3.26. The number of carbonyl (C=O) groups is 2. The van der Waals surface area contributed by atoms with Gasteiger partial charge in [0.2, 0.25) is 5.88 Å². The SMILES string of the molecule is CC(C)(C)CNC(=O)Nc1snc(OCc2ccc(Br)cc2F)c1C(=O)O. The number of ether oxygens (including phenoxy) is 1. The Labute approximate surface area is 168 Å². The molecule has 1 heterocycles. The number of carboxylic acid groups (broad SMARTS) is 1. The third-order valence-corrected chi connectivity index (χ3v) is 4.50. The Morgan fingerprint density at radius 2 is 2.07 bits per heavy atom. The topological polar surface area (TPSA) is 101 Å². The van der Waals surface area contributed by atoms with Crippen LogP contribution in [-0.4, -0.2) is 28.0 Å². The van der Waals surface area contributed by atoms with E-state index in [4.69, 9.17) is 4.74 Å². The van der Waals surface area contributed by atoms with Crippen LogP contribution in [0.1, 0.15) is 36.7 Å². The molecule has 3 N–H and O–H groups in total. The predicted molar refractivity (Wildman–Crippen MR) is 104 cm³/mol. The third kappa shape index (κ3) is 6.17. The van der Waals surface area contributed by atoms with Crippen molar-refractivity contribution in [3.05, 3.63) is 39.6 Å². The van der Waals surface area contributed by atoms with Gasteiger partial charge in [-0.2, -0.15) is 4.37 Å². The molecule has 0 fully saturated rings. The number of anilines is 1. The smallest absolute Gasteiger partial charge is 0.344 e. The zero-order valence-corrected chi connectivity index (χ0v) is 17.3. The number of hydrogen-bond donors (Lipinski definition) is 3. The van der Waals surface area contributed by atoms with Crippen LogP contribution >= 0.6 is 27.5 Å². The van der Waals surface area contributed by atoms with E-state index in [1.165, 1.54) is 12.1 Å². The molecule has 1 aromatic carbocycles. The van der Waals surface area contributed by atoms with Gasteiger partial charge in [0.25, 0.3) is 0 Å². The number of urea groups is 1. The molecule has 10 heteroatoms. The van der Waals surface area contributed by atoms with Gasteiger partial charge in [-0.15, -0.1) is 0 Å². The Bertz CT molecular complexity index is 851. The van der Waals surface area contributed by atoms with Gasteiger partial charge < -0.3 is 15.2 Å². The minimum atomic E-state index is -1.30. The maximum absolute atomic E-state index is 13.9. The number of amides is 2. The molecule has 0 aliphatic heterocycles. The monoisotopic (exact) mass is 459 g/mol. The van der Waals surface area contributed by atoms with Gasteiger partial charge in [0, 0.05) is 16.6 Å². The summed E-state index contributed by atoms with van der Waals surface area (Å²) in [4.78, 5) is 23.5. The van der Waals surface area contributed by atoms with Gasteiger partial charge >= 0.3 is 12.0 Å². The first-order chi connectivity index (χ1) is 12.6. The summed E-state index contributed by atoms with van der Waals surface area (Å²) >= 11 is 3.94. The summed E-state index contributed by atoms with van der Waals surface area (Å²) in [5, 5.41) is 14.6. The van der Waals surface area contributed by atoms with E-state index in [0.29, 0.717) is 11.0 Å². The zero-order chi connectivity index (χ0) is 20.2. The summed E-state index contributed by atoms with van der Waals surface area (Å²) in [6, 6.07) is 3.91. The van der Waals surface area contributed by atoms with Gasteiger partial charge in [-0.3, -0.25) is 5.32 Å². The van der Waals surface area contributed by atoms with Gasteiger partial charge in [-0.1, -0.05) is 42.8 Å². The fourth-order valence-electron chi connectivity index (χ4n) is 1.93. The van der Waals surface area contributed by atoms with Gasteiger partial charge in [0.15, 0.2) is 5.56 Å². The lowest BCUT2D eigenvalue weighted by Gasteiger charge is -2.18. The number of carboxylic acids is 1. The summed E-state index contributed by atoms with van der Waals surface area (Å²) < 4.78 is 23.7. The Hall–Kier alpha value is -2.20. The number of benzene rings is 1. The lowest BCUT2D eigenvalue weighted by molar-refractivity contribution is 0.0693. The zero-order valence-electron chi connectivity index (χ0n) is 14.9. The Morgan fingerprint density at radius 3 is 2.67 bits per heavy atom. The second-order valence-corrected chi connectivity index (χ2v) is 8.58. The van der Waals surface area contributed by atoms with Crippen molar-refractivity contribution in [2.24, 2.45) is 5.41 Å². The highest BCUT2D eigenvalue weighted by atomic mass is 79.9. The fraction of sp³-hybridized carbons (Fsp3) is 0.353. The van der Waals surface area contributed by atoms with Crippen LogP contribution in [0.2, 0.25) is 0 Å². The van der Waals surface area contributed by atoms with Crippen molar-refractivity contribution in [3.63, 3.8) is 0 Å². The molecule has 27 heavy (non-hydrogen) atoms. The lowest BCUT2D eigenvalue weighted by atomic mass is 9.97. The minimum Gasteiger partial charge on any atom is -0.477 e. The van der Waals surface area contributed by atoms with Crippen LogP contribution in [0.5, 0.6) is 5.88 Å². The largest absolute Gasteiger partial charge is 0.477 e. The second-order valence-electron chi connectivity index (χ2n) is 6.89. The molecule has 0 atom stereocenters. The predicted octanol–water partition coefficient (Wildman–Crippen LogP) is 4.49. The van der Waals surface area contributed by atoms with Crippen molar-refractivity contribution in [3.8, 4) is 5.88 Å². The number of rotatable bonds is 6. The molecule has 0 bridgehead atoms. The molecule has 1 aromatic heterocycles. The van der Waals surface area contributed by atoms with Crippen LogP contribution in [0.3, 0.4) is 0 Å². The molecule has 2 rings (SSSR count). The van der Waals surface area contributed by atoms with Crippen molar-refractivity contribution < 1.29 is 23.8 Å². The average Bonchev–Trinajstić information content (AvgIpc) is 2.94. The Kier molecular flexibility index (Phi) is 6.77. The summed E-state index contributed by atoms with van der Waals surface area (Å²) in [5.41, 5.74) is -0.146. The lowest BCUT2D eigenvalue weighted by Crippen LogP contribution is -2.35. The van der Waals surface area contributed by atoms with E-state index >= 15 is 0 Å². The van der Waals surface area contributed by atoms with E-state index in [1.807, 2.05) is 20.8 Å². The molecule has 0 radical (unpaired) electrons. The van der Waals surface area contributed by atoms with E-state index in [0.717, 1.165) is 11.5 Å². The van der Waals surface area contributed by atoms with Crippen molar-refractivity contribution >= 4 is 44.5 Å². The minimum absolute atomic E-state index is 0.0418. The van der Waals surface area contributed by atoms with E-state index in [1.54, 1.807) is 6.07 Å². The molecule has 7 nitrogen and oxygen atoms in total. The first-order valence-corrected chi connectivity index (χ1v) is 9.48. The van der Waals surface area contributed by atoms with Gasteiger partial charge in [-0.25, -0.2) is 14.0 Å². The maximum atomic E-state index is 13.9.